The van der Waals surface area contributed by atoms with Crippen molar-refractivity contribution in [2.45, 2.75) is 205 Å². The predicted octanol–water partition coefficient (Wildman–Crippen LogP) is 6.72. The number of hydrogen-bond donors (Lipinski definition) is 5. The third-order valence-electron chi connectivity index (χ3n) is 16.2. The summed E-state index contributed by atoms with van der Waals surface area (Å²) in [5, 5.41) is 52.4. The van der Waals surface area contributed by atoms with Crippen LogP contribution in [0.5, 0.6) is 0 Å². The molecule has 2 amide bonds. The van der Waals surface area contributed by atoms with Crippen LogP contribution >= 0.6 is 23.2 Å². The molecule has 0 spiro atoms. The van der Waals surface area contributed by atoms with Gasteiger partial charge < -0.3 is 68.7 Å². The molecule has 5 N–H and O–H groups in total. The maximum atomic E-state index is 15.0. The molecule has 3 aliphatic rings. The highest BCUT2D eigenvalue weighted by atomic mass is 35.5. The number of alkyl carbamates (subject to hydrolysis) is 2. The third-order valence-corrected chi connectivity index (χ3v) is 16.8. The number of methoxy groups -OCH3 is 1. The number of cyclic esters (lactones) is 1. The number of likely N-dealkylation sites (N-methyl/N-ethyl adjacent to an activating group) is 2. The Hall–Kier alpha value is -4.23. The number of amides is 2. The Morgan fingerprint density at radius 3 is 2.20 bits per heavy atom. The Kier molecular flexibility index (Phi) is 22.6. The van der Waals surface area contributed by atoms with E-state index in [9.17, 15) is 29.7 Å². The van der Waals surface area contributed by atoms with E-state index in [2.05, 4.69) is 20.9 Å². The highest BCUT2D eigenvalue weighted by Gasteiger charge is 2.54. The standard InChI is InChI=1S/C57H87Cl2N7O14/c1-15-44-57(10,72)49(79-53(69)60-27-38-19-17-16-18-20-38)36(6)65(13)29-32(2)25-55(8,71)48(78-52-46(67)43(64(11)12)23-33(3)74-52)34(4)47(35(5)51(68)76-44)77-45-26-56(9,73-14)50(37(7)75-45)80-54(70)61-28-41-31-66(63-62-41)30-39-21-22-40(58)24-42(39)59/h16-22,24,31-37,43-50,52,67,71-72H,15,23,25-30H2,1-14H3,(H,60,69)(H,61,70)/t32-,33-,34+,35-,36+,37+,43+,44+,45+,46-,47-,48-,49+,50+,52+,55-,56-,57-/m1/s1. The number of ether oxygens (including phenoxy) is 8. The molecule has 3 fully saturated rings. The topological polar surface area (TPSA) is 247 Å². The second kappa shape index (κ2) is 27.9. The van der Waals surface area contributed by atoms with Gasteiger partial charge in [-0.25, -0.2) is 14.3 Å². The minimum atomic E-state index is -1.95. The lowest BCUT2D eigenvalue weighted by Gasteiger charge is -2.49. The summed E-state index contributed by atoms with van der Waals surface area (Å²) in [4.78, 5) is 46.0. The Morgan fingerprint density at radius 1 is 0.900 bits per heavy atom. The van der Waals surface area contributed by atoms with Crippen molar-refractivity contribution >= 4 is 41.4 Å². The average Bonchev–Trinajstić information content (AvgIpc) is 3.90. The zero-order chi connectivity index (χ0) is 59.0. The number of hydrogen-bond acceptors (Lipinski definition) is 18. The SMILES string of the molecule is CC[C@@H]1OC(=O)[C@H](C)[C@H](O[C@H]2C[C@@](C)(OC)[C@@H](OC(=O)NCc3cn(Cc4ccc(Cl)cc4Cl)nn3)[C@H](C)O2)[C@H](C)[C@@H](O[C@@H]2O[C@H](C)C[C@H](N(C)C)[C@H]2O)[C@](C)(O)C[C@@H](C)CN(C)[C@@H](C)[C@H](OC(=O)NCc2ccccc2)[C@]1(C)O. The zero-order valence-corrected chi connectivity index (χ0v) is 50.3. The van der Waals surface area contributed by atoms with Crippen molar-refractivity contribution < 1.29 is 67.6 Å². The van der Waals surface area contributed by atoms with Crippen molar-refractivity contribution in [2.75, 3.05) is 34.8 Å². The summed E-state index contributed by atoms with van der Waals surface area (Å²) < 4.78 is 52.9. The molecule has 0 bridgehead atoms. The van der Waals surface area contributed by atoms with Gasteiger partial charge in [-0.15, -0.1) is 5.10 Å². The van der Waals surface area contributed by atoms with Crippen molar-refractivity contribution in [3.05, 3.63) is 81.6 Å². The minimum Gasteiger partial charge on any atom is -0.459 e. The molecular formula is C57H87Cl2N7O14. The lowest BCUT2D eigenvalue weighted by atomic mass is 9.77. The van der Waals surface area contributed by atoms with Crippen molar-refractivity contribution in [3.8, 4) is 0 Å². The molecule has 0 unspecified atom stereocenters. The number of carbonyl (C=O) groups is 3. The first kappa shape index (κ1) is 64.9. The maximum Gasteiger partial charge on any atom is 0.407 e. The molecule has 4 heterocycles. The van der Waals surface area contributed by atoms with E-state index in [-0.39, 0.29) is 50.4 Å². The maximum absolute atomic E-state index is 15.0. The van der Waals surface area contributed by atoms with Gasteiger partial charge in [-0.3, -0.25) is 9.69 Å². The molecule has 23 heteroatoms. The fourth-order valence-corrected chi connectivity index (χ4v) is 12.2. The number of aromatic nitrogens is 3. The van der Waals surface area contributed by atoms with Crippen LogP contribution < -0.4 is 10.6 Å². The quantitative estimate of drug-likeness (QED) is 0.0783. The van der Waals surface area contributed by atoms with Gasteiger partial charge in [0.05, 0.1) is 55.2 Å². The van der Waals surface area contributed by atoms with Crippen LogP contribution in [0.25, 0.3) is 0 Å². The number of halogens is 2. The fourth-order valence-electron chi connectivity index (χ4n) is 11.7. The number of carbonyl (C=O) groups excluding carboxylic acids is 3. The summed E-state index contributed by atoms with van der Waals surface area (Å²) in [6, 6.07) is 13.5. The second-order valence-electron chi connectivity index (χ2n) is 23.3. The molecule has 1 aromatic heterocycles. The zero-order valence-electron chi connectivity index (χ0n) is 48.8. The molecule has 3 aromatic rings. The number of benzene rings is 2. The lowest BCUT2D eigenvalue weighted by Crippen LogP contribution is -2.61. The number of aliphatic hydroxyl groups excluding tert-OH is 1. The molecule has 0 saturated carbocycles. The van der Waals surface area contributed by atoms with Gasteiger partial charge in [0, 0.05) is 54.7 Å². The van der Waals surface area contributed by atoms with Gasteiger partial charge >= 0.3 is 18.2 Å². The van der Waals surface area contributed by atoms with Crippen LogP contribution in [-0.4, -0.2) is 183 Å². The van der Waals surface area contributed by atoms with Crippen LogP contribution in [0.1, 0.15) is 112 Å². The Bertz CT molecular complexity index is 2490. The Balaban J connectivity index is 1.29. The highest BCUT2D eigenvalue weighted by Crippen LogP contribution is 2.41. The molecule has 0 radical (unpaired) electrons. The van der Waals surface area contributed by atoms with Crippen molar-refractivity contribution in [1.29, 1.82) is 0 Å². The predicted molar refractivity (Wildman–Crippen MR) is 298 cm³/mol. The summed E-state index contributed by atoms with van der Waals surface area (Å²) in [5.74, 6) is -3.09. The Morgan fingerprint density at radius 2 is 1.56 bits per heavy atom. The minimum absolute atomic E-state index is 0.00827. The van der Waals surface area contributed by atoms with Crippen molar-refractivity contribution in [1.82, 2.24) is 35.4 Å². The van der Waals surface area contributed by atoms with Gasteiger partial charge in [-0.2, -0.15) is 0 Å². The lowest BCUT2D eigenvalue weighted by molar-refractivity contribution is -0.317. The van der Waals surface area contributed by atoms with Crippen LogP contribution in [0.3, 0.4) is 0 Å². The van der Waals surface area contributed by atoms with Crippen LogP contribution in [0.4, 0.5) is 9.59 Å². The smallest absolute Gasteiger partial charge is 0.407 e. The monoisotopic (exact) mass is 1160 g/mol. The van der Waals surface area contributed by atoms with E-state index in [0.29, 0.717) is 35.2 Å². The summed E-state index contributed by atoms with van der Waals surface area (Å²) in [6.07, 6.45) is -9.50. The van der Waals surface area contributed by atoms with Crippen molar-refractivity contribution in [2.24, 2.45) is 17.8 Å². The molecular weight excluding hydrogens is 1080 g/mol. The van der Waals surface area contributed by atoms with Crippen molar-refractivity contribution in [3.63, 3.8) is 0 Å². The van der Waals surface area contributed by atoms with Gasteiger partial charge in [-0.1, -0.05) is 85.6 Å². The number of rotatable bonds is 15. The summed E-state index contributed by atoms with van der Waals surface area (Å²) in [7, 11) is 7.06. The molecule has 0 aliphatic carbocycles. The summed E-state index contributed by atoms with van der Waals surface area (Å²) in [6.45, 7) is 18.3. The molecule has 448 valence electrons. The van der Waals surface area contributed by atoms with E-state index < -0.39 is 108 Å². The Labute approximate surface area is 481 Å². The van der Waals surface area contributed by atoms with E-state index in [1.165, 1.54) is 14.0 Å². The van der Waals surface area contributed by atoms with Gasteiger partial charge in [-0.05, 0) is 118 Å². The van der Waals surface area contributed by atoms with E-state index >= 15 is 0 Å². The van der Waals surface area contributed by atoms with Crippen LogP contribution in [0, 0.1) is 17.8 Å². The molecule has 6 rings (SSSR count). The molecule has 18 atom stereocenters. The van der Waals surface area contributed by atoms with Gasteiger partial charge in [0.25, 0.3) is 0 Å². The van der Waals surface area contributed by atoms with Crippen LogP contribution in [0.2, 0.25) is 10.0 Å². The first-order valence-electron chi connectivity index (χ1n) is 27.7. The third kappa shape index (κ3) is 16.3. The van der Waals surface area contributed by atoms with Gasteiger partial charge in [0.15, 0.2) is 24.8 Å². The number of nitrogens with zero attached hydrogens (tertiary/aromatic N) is 5. The molecule has 80 heavy (non-hydrogen) atoms. The molecule has 3 aliphatic heterocycles. The second-order valence-corrected chi connectivity index (χ2v) is 24.1. The number of nitrogens with one attached hydrogen (secondary N) is 2. The van der Waals surface area contributed by atoms with Crippen LogP contribution in [0.15, 0.2) is 54.7 Å². The van der Waals surface area contributed by atoms with E-state index in [1.807, 2.05) is 82.0 Å². The average molecular weight is 1170 g/mol. The van der Waals surface area contributed by atoms with Gasteiger partial charge in [0.2, 0.25) is 0 Å². The first-order chi connectivity index (χ1) is 37.6. The van der Waals surface area contributed by atoms with E-state index in [4.69, 9.17) is 61.1 Å². The molecule has 3 saturated heterocycles. The fraction of sp³-hybridized carbons (Fsp3) is 0.702. The molecule has 21 nitrogen and oxygen atoms in total. The number of esters is 1. The van der Waals surface area contributed by atoms with Crippen LogP contribution in [-0.2, 0) is 62.3 Å². The summed E-state index contributed by atoms with van der Waals surface area (Å²) in [5.41, 5.74) is -2.78. The van der Waals surface area contributed by atoms with Gasteiger partial charge in [0.1, 0.15) is 29.1 Å². The largest absolute Gasteiger partial charge is 0.459 e. The summed E-state index contributed by atoms with van der Waals surface area (Å²) >= 11 is 12.4. The number of aliphatic hydroxyl groups is 3. The van der Waals surface area contributed by atoms with E-state index in [0.717, 1.165) is 11.1 Å². The highest BCUT2D eigenvalue weighted by molar-refractivity contribution is 6.35. The normalized spacial score (nSPS) is 36.0. The molecule has 2 aromatic carbocycles. The van der Waals surface area contributed by atoms with E-state index in [1.54, 1.807) is 70.6 Å². The first-order valence-corrected chi connectivity index (χ1v) is 28.5.